The molecule has 2 aromatic rings. The first-order valence-electron chi connectivity index (χ1n) is 4.33. The SMILES string of the molecule is CC(C)C(O)c1cc2sccc2s1. The lowest BCUT2D eigenvalue weighted by molar-refractivity contribution is 0.130. The van der Waals surface area contributed by atoms with Crippen LogP contribution < -0.4 is 0 Å². The highest BCUT2D eigenvalue weighted by atomic mass is 32.1. The van der Waals surface area contributed by atoms with Gasteiger partial charge in [-0.05, 0) is 23.4 Å². The van der Waals surface area contributed by atoms with Crippen molar-refractivity contribution in [2.24, 2.45) is 5.92 Å². The topological polar surface area (TPSA) is 20.2 Å². The van der Waals surface area contributed by atoms with Crippen LogP contribution in [0.3, 0.4) is 0 Å². The molecule has 2 aromatic heterocycles. The van der Waals surface area contributed by atoms with Crippen LogP contribution in [0.4, 0.5) is 0 Å². The van der Waals surface area contributed by atoms with Gasteiger partial charge in [0.05, 0.1) is 6.10 Å². The van der Waals surface area contributed by atoms with Gasteiger partial charge in [-0.1, -0.05) is 13.8 Å². The summed E-state index contributed by atoms with van der Waals surface area (Å²) in [5, 5.41) is 11.9. The molecule has 0 saturated carbocycles. The van der Waals surface area contributed by atoms with E-state index in [4.69, 9.17) is 0 Å². The second kappa shape index (κ2) is 3.40. The molecule has 0 fully saturated rings. The first-order valence-corrected chi connectivity index (χ1v) is 6.03. The summed E-state index contributed by atoms with van der Waals surface area (Å²) >= 11 is 3.44. The molecule has 0 aliphatic carbocycles. The molecule has 0 aliphatic heterocycles. The summed E-state index contributed by atoms with van der Waals surface area (Å²) in [7, 11) is 0. The quantitative estimate of drug-likeness (QED) is 0.805. The molecule has 2 rings (SSSR count). The van der Waals surface area contributed by atoms with E-state index in [0.717, 1.165) is 4.88 Å². The number of aliphatic hydroxyl groups is 1. The van der Waals surface area contributed by atoms with E-state index in [1.165, 1.54) is 9.40 Å². The van der Waals surface area contributed by atoms with E-state index in [0.29, 0.717) is 5.92 Å². The van der Waals surface area contributed by atoms with Gasteiger partial charge in [0.2, 0.25) is 0 Å². The molecule has 0 amide bonds. The van der Waals surface area contributed by atoms with Crippen LogP contribution in [-0.2, 0) is 0 Å². The van der Waals surface area contributed by atoms with Crippen molar-refractivity contribution in [1.29, 1.82) is 0 Å². The fourth-order valence-electron chi connectivity index (χ4n) is 1.26. The monoisotopic (exact) mass is 212 g/mol. The highest BCUT2D eigenvalue weighted by Crippen LogP contribution is 2.35. The van der Waals surface area contributed by atoms with Gasteiger partial charge in [-0.25, -0.2) is 0 Å². The Balaban J connectivity index is 2.39. The lowest BCUT2D eigenvalue weighted by Gasteiger charge is -2.11. The van der Waals surface area contributed by atoms with Gasteiger partial charge in [0.1, 0.15) is 0 Å². The maximum absolute atomic E-state index is 9.83. The fraction of sp³-hybridized carbons (Fsp3) is 0.400. The third kappa shape index (κ3) is 1.64. The number of hydrogen-bond donors (Lipinski definition) is 1. The molecule has 1 atom stereocenters. The molecule has 0 spiro atoms. The summed E-state index contributed by atoms with van der Waals surface area (Å²) in [5.41, 5.74) is 0. The Kier molecular flexibility index (Phi) is 2.41. The van der Waals surface area contributed by atoms with Crippen molar-refractivity contribution in [2.75, 3.05) is 0 Å². The smallest absolute Gasteiger partial charge is 0.0905 e. The van der Waals surface area contributed by atoms with Gasteiger partial charge >= 0.3 is 0 Å². The Hall–Kier alpha value is -0.380. The maximum atomic E-state index is 9.83. The fourth-order valence-corrected chi connectivity index (χ4v) is 3.54. The molecule has 0 aromatic carbocycles. The minimum Gasteiger partial charge on any atom is -0.387 e. The van der Waals surface area contributed by atoms with Crippen molar-refractivity contribution >= 4 is 32.1 Å². The minimum atomic E-state index is -0.301. The van der Waals surface area contributed by atoms with Gasteiger partial charge < -0.3 is 5.11 Å². The second-order valence-corrected chi connectivity index (χ2v) is 5.55. The van der Waals surface area contributed by atoms with Crippen LogP contribution in [0.25, 0.3) is 9.40 Å². The Morgan fingerprint density at radius 3 is 2.69 bits per heavy atom. The van der Waals surface area contributed by atoms with Crippen molar-refractivity contribution in [3.8, 4) is 0 Å². The zero-order valence-electron chi connectivity index (χ0n) is 7.65. The number of hydrogen-bond acceptors (Lipinski definition) is 3. The average molecular weight is 212 g/mol. The molecular formula is C10H12OS2. The predicted molar refractivity (Wildman–Crippen MR) is 59.5 cm³/mol. The average Bonchev–Trinajstić information content (AvgIpc) is 2.59. The van der Waals surface area contributed by atoms with Crippen LogP contribution in [0.2, 0.25) is 0 Å². The van der Waals surface area contributed by atoms with Crippen molar-refractivity contribution in [1.82, 2.24) is 0 Å². The standard InChI is InChI=1S/C10H12OS2/c1-6(2)10(11)9-5-8-7(13-9)3-4-12-8/h3-6,10-11H,1-2H3. The van der Waals surface area contributed by atoms with Crippen LogP contribution in [0, 0.1) is 5.92 Å². The van der Waals surface area contributed by atoms with E-state index < -0.39 is 0 Å². The molecule has 1 N–H and O–H groups in total. The predicted octanol–water partition coefficient (Wildman–Crippen LogP) is 3.65. The van der Waals surface area contributed by atoms with Gasteiger partial charge in [0.25, 0.3) is 0 Å². The first kappa shape index (κ1) is 9.19. The first-order chi connectivity index (χ1) is 6.18. The molecule has 2 heterocycles. The lowest BCUT2D eigenvalue weighted by atomic mass is 10.1. The van der Waals surface area contributed by atoms with Crippen molar-refractivity contribution < 1.29 is 5.11 Å². The molecule has 3 heteroatoms. The van der Waals surface area contributed by atoms with Crippen LogP contribution >= 0.6 is 22.7 Å². The van der Waals surface area contributed by atoms with Crippen molar-refractivity contribution in [3.05, 3.63) is 22.4 Å². The van der Waals surface area contributed by atoms with Gasteiger partial charge in [-0.2, -0.15) is 0 Å². The normalized spacial score (nSPS) is 14.2. The zero-order valence-corrected chi connectivity index (χ0v) is 9.28. The maximum Gasteiger partial charge on any atom is 0.0905 e. The van der Waals surface area contributed by atoms with E-state index in [1.54, 1.807) is 22.7 Å². The second-order valence-electron chi connectivity index (χ2n) is 3.49. The number of aliphatic hydroxyl groups excluding tert-OH is 1. The zero-order chi connectivity index (χ0) is 9.42. The van der Waals surface area contributed by atoms with Crippen molar-refractivity contribution in [3.63, 3.8) is 0 Å². The van der Waals surface area contributed by atoms with E-state index in [2.05, 4.69) is 17.5 Å². The highest BCUT2D eigenvalue weighted by molar-refractivity contribution is 7.26. The Labute approximate surface area is 85.6 Å². The van der Waals surface area contributed by atoms with Gasteiger partial charge in [-0.15, -0.1) is 22.7 Å². The molecule has 1 unspecified atom stereocenters. The van der Waals surface area contributed by atoms with E-state index >= 15 is 0 Å². The number of thiophene rings is 2. The summed E-state index contributed by atoms with van der Waals surface area (Å²) in [4.78, 5) is 1.09. The van der Waals surface area contributed by atoms with Crippen molar-refractivity contribution in [2.45, 2.75) is 20.0 Å². The summed E-state index contributed by atoms with van der Waals surface area (Å²) < 4.78 is 2.58. The summed E-state index contributed by atoms with van der Waals surface area (Å²) in [6.45, 7) is 4.08. The third-order valence-electron chi connectivity index (χ3n) is 2.08. The largest absolute Gasteiger partial charge is 0.387 e. The number of rotatable bonds is 2. The van der Waals surface area contributed by atoms with E-state index in [-0.39, 0.29) is 6.10 Å². The van der Waals surface area contributed by atoms with Crippen LogP contribution in [0.1, 0.15) is 24.8 Å². The van der Waals surface area contributed by atoms with Gasteiger partial charge in [-0.3, -0.25) is 0 Å². The van der Waals surface area contributed by atoms with Gasteiger partial charge in [0, 0.05) is 14.3 Å². The molecule has 0 saturated heterocycles. The molecule has 70 valence electrons. The van der Waals surface area contributed by atoms with Crippen LogP contribution in [0.15, 0.2) is 17.5 Å². The van der Waals surface area contributed by atoms with Gasteiger partial charge in [0.15, 0.2) is 0 Å². The van der Waals surface area contributed by atoms with E-state index in [1.807, 2.05) is 13.8 Å². The molecular weight excluding hydrogens is 200 g/mol. The lowest BCUT2D eigenvalue weighted by Crippen LogP contribution is -2.02. The molecule has 0 radical (unpaired) electrons. The molecule has 0 bridgehead atoms. The summed E-state index contributed by atoms with van der Waals surface area (Å²) in [5.74, 6) is 0.299. The van der Waals surface area contributed by atoms with Crippen LogP contribution in [0.5, 0.6) is 0 Å². The minimum absolute atomic E-state index is 0.299. The Morgan fingerprint density at radius 1 is 1.31 bits per heavy atom. The molecule has 0 aliphatic rings. The summed E-state index contributed by atoms with van der Waals surface area (Å²) in [6, 6.07) is 4.22. The third-order valence-corrected chi connectivity index (χ3v) is 4.25. The molecule has 1 nitrogen and oxygen atoms in total. The highest BCUT2D eigenvalue weighted by Gasteiger charge is 2.15. The summed E-state index contributed by atoms with van der Waals surface area (Å²) in [6.07, 6.45) is -0.301. The molecule has 13 heavy (non-hydrogen) atoms. The number of fused-ring (bicyclic) bond motifs is 1. The van der Waals surface area contributed by atoms with Crippen LogP contribution in [-0.4, -0.2) is 5.11 Å². The Morgan fingerprint density at radius 2 is 2.08 bits per heavy atom. The Bertz CT molecular complexity index is 371. The van der Waals surface area contributed by atoms with E-state index in [9.17, 15) is 5.11 Å².